The molecular formula is C24H26N2. The Balaban J connectivity index is 0.000000570. The molecule has 0 amide bonds. The molecule has 0 bridgehead atoms. The molecule has 2 aromatic carbocycles. The summed E-state index contributed by atoms with van der Waals surface area (Å²) in [5, 5.41) is 1.13. The van der Waals surface area contributed by atoms with Gasteiger partial charge in [0, 0.05) is 23.3 Å². The Morgan fingerprint density at radius 1 is 0.538 bits per heavy atom. The van der Waals surface area contributed by atoms with Crippen LogP contribution in [0.1, 0.15) is 27.7 Å². The van der Waals surface area contributed by atoms with E-state index in [2.05, 4.69) is 52.4 Å². The smallest absolute Gasteiger partial charge is 0.0971 e. The Bertz CT molecular complexity index is 838. The second kappa shape index (κ2) is 10.1. The third kappa shape index (κ3) is 4.15. The van der Waals surface area contributed by atoms with Crippen molar-refractivity contribution in [2.45, 2.75) is 27.7 Å². The number of pyridine rings is 2. The van der Waals surface area contributed by atoms with Crippen molar-refractivity contribution in [1.29, 1.82) is 0 Å². The van der Waals surface area contributed by atoms with Crippen molar-refractivity contribution in [2.75, 3.05) is 0 Å². The second-order valence-corrected chi connectivity index (χ2v) is 5.15. The molecule has 2 heteroatoms. The minimum absolute atomic E-state index is 0.927. The lowest BCUT2D eigenvalue weighted by Gasteiger charge is -2.09. The molecular weight excluding hydrogens is 316 g/mol. The van der Waals surface area contributed by atoms with Gasteiger partial charge >= 0.3 is 0 Å². The average Bonchev–Trinajstić information content (AvgIpc) is 2.77. The zero-order chi connectivity index (χ0) is 18.8. The van der Waals surface area contributed by atoms with Gasteiger partial charge in [-0.2, -0.15) is 0 Å². The van der Waals surface area contributed by atoms with Gasteiger partial charge < -0.3 is 0 Å². The zero-order valence-corrected chi connectivity index (χ0v) is 16.0. The van der Waals surface area contributed by atoms with E-state index in [1.54, 1.807) is 0 Å². The van der Waals surface area contributed by atoms with Crippen LogP contribution in [0, 0.1) is 0 Å². The number of hydrogen-bond acceptors (Lipinski definition) is 2. The predicted molar refractivity (Wildman–Crippen MR) is 113 cm³/mol. The molecule has 4 rings (SSSR count). The molecule has 0 aliphatic heterocycles. The minimum atomic E-state index is 0.927. The normalized spacial score (nSPS) is 9.54. The van der Waals surface area contributed by atoms with Gasteiger partial charge in [0.05, 0.1) is 11.2 Å². The number of hydrogen-bond donors (Lipinski definition) is 0. The van der Waals surface area contributed by atoms with Crippen LogP contribution in [0.2, 0.25) is 0 Å². The maximum atomic E-state index is 4.58. The van der Waals surface area contributed by atoms with Crippen LogP contribution in [0.3, 0.4) is 0 Å². The quantitative estimate of drug-likeness (QED) is 0.391. The first kappa shape index (κ1) is 19.3. The molecule has 2 heterocycles. The van der Waals surface area contributed by atoms with Gasteiger partial charge in [-0.25, -0.2) is 0 Å². The Morgan fingerprint density at radius 3 is 1.69 bits per heavy atom. The molecule has 2 nitrogen and oxygen atoms in total. The van der Waals surface area contributed by atoms with Crippen LogP contribution in [0.15, 0.2) is 85.2 Å². The van der Waals surface area contributed by atoms with Crippen molar-refractivity contribution in [3.63, 3.8) is 0 Å². The Hall–Kier alpha value is -3.00. The van der Waals surface area contributed by atoms with Crippen molar-refractivity contribution >= 4 is 10.9 Å². The lowest BCUT2D eigenvalue weighted by molar-refractivity contribution is 1.31. The summed E-state index contributed by atoms with van der Waals surface area (Å²) in [7, 11) is 0. The molecule has 0 aliphatic rings. The summed E-state index contributed by atoms with van der Waals surface area (Å²) in [6.45, 7) is 8.00. The van der Waals surface area contributed by atoms with Crippen molar-refractivity contribution in [1.82, 2.24) is 9.97 Å². The fourth-order valence-electron chi connectivity index (χ4n) is 2.75. The predicted octanol–water partition coefficient (Wildman–Crippen LogP) is 7.02. The van der Waals surface area contributed by atoms with Gasteiger partial charge in [0.25, 0.3) is 0 Å². The van der Waals surface area contributed by atoms with Crippen molar-refractivity contribution in [3.05, 3.63) is 85.2 Å². The number of rotatable bonds is 2. The van der Waals surface area contributed by atoms with E-state index < -0.39 is 0 Å². The fraction of sp³-hybridized carbons (Fsp3) is 0.167. The van der Waals surface area contributed by atoms with Crippen LogP contribution in [-0.4, -0.2) is 9.97 Å². The van der Waals surface area contributed by atoms with E-state index >= 15 is 0 Å². The van der Waals surface area contributed by atoms with Gasteiger partial charge in [0.15, 0.2) is 0 Å². The highest BCUT2D eigenvalue weighted by Crippen LogP contribution is 2.31. The molecule has 2 aromatic heterocycles. The monoisotopic (exact) mass is 342 g/mol. The summed E-state index contributed by atoms with van der Waals surface area (Å²) in [6, 6.07) is 24.7. The molecule has 26 heavy (non-hydrogen) atoms. The maximum Gasteiger partial charge on any atom is 0.0971 e. The summed E-state index contributed by atoms with van der Waals surface area (Å²) in [5.41, 5.74) is 5.34. The summed E-state index contributed by atoms with van der Waals surface area (Å²) >= 11 is 0. The summed E-state index contributed by atoms with van der Waals surface area (Å²) in [6.07, 6.45) is 3.72. The standard InChI is InChI=1S/C20H14N2.2C2H6/c1-3-7-15(8-4-1)17-11-13-22-20-18(17)12-14-21-19(20)16-9-5-2-6-10-16;2*1-2/h1-14H;2*1-2H3. The number of aromatic nitrogens is 2. The van der Waals surface area contributed by atoms with E-state index in [9.17, 15) is 0 Å². The average molecular weight is 342 g/mol. The Labute approximate surface area is 156 Å². The first-order valence-corrected chi connectivity index (χ1v) is 9.28. The van der Waals surface area contributed by atoms with E-state index in [0.717, 1.165) is 22.2 Å². The van der Waals surface area contributed by atoms with Gasteiger partial charge in [0.1, 0.15) is 0 Å². The van der Waals surface area contributed by atoms with Crippen LogP contribution in [0.5, 0.6) is 0 Å². The van der Waals surface area contributed by atoms with E-state index in [-0.39, 0.29) is 0 Å². The Morgan fingerprint density at radius 2 is 1.08 bits per heavy atom. The van der Waals surface area contributed by atoms with E-state index in [0.29, 0.717) is 0 Å². The summed E-state index contributed by atoms with van der Waals surface area (Å²) in [4.78, 5) is 9.13. The van der Waals surface area contributed by atoms with Crippen LogP contribution in [-0.2, 0) is 0 Å². The van der Waals surface area contributed by atoms with Gasteiger partial charge in [-0.1, -0.05) is 88.4 Å². The molecule has 0 atom stereocenters. The van der Waals surface area contributed by atoms with Gasteiger partial charge in [-0.3, -0.25) is 9.97 Å². The second-order valence-electron chi connectivity index (χ2n) is 5.15. The van der Waals surface area contributed by atoms with Crippen molar-refractivity contribution in [3.8, 4) is 22.4 Å². The highest BCUT2D eigenvalue weighted by Gasteiger charge is 2.10. The SMILES string of the molecule is CC.CC.c1ccc(-c2ccnc3c(-c4ccccc4)nccc23)cc1. The first-order chi connectivity index (χ1) is 12.9. The molecule has 0 spiro atoms. The third-order valence-electron chi connectivity index (χ3n) is 3.79. The molecule has 0 radical (unpaired) electrons. The molecule has 0 unspecified atom stereocenters. The molecule has 132 valence electrons. The number of fused-ring (bicyclic) bond motifs is 1. The summed E-state index contributed by atoms with van der Waals surface area (Å²) < 4.78 is 0. The molecule has 0 saturated carbocycles. The molecule has 0 fully saturated rings. The lowest BCUT2D eigenvalue weighted by Crippen LogP contribution is -1.90. The molecule has 0 saturated heterocycles. The maximum absolute atomic E-state index is 4.58. The van der Waals surface area contributed by atoms with Gasteiger partial charge in [0.2, 0.25) is 0 Å². The molecule has 0 N–H and O–H groups in total. The van der Waals surface area contributed by atoms with Crippen LogP contribution in [0.25, 0.3) is 33.3 Å². The van der Waals surface area contributed by atoms with Crippen LogP contribution in [0.4, 0.5) is 0 Å². The van der Waals surface area contributed by atoms with Crippen molar-refractivity contribution in [2.24, 2.45) is 0 Å². The number of benzene rings is 2. The lowest BCUT2D eigenvalue weighted by atomic mass is 10.00. The minimum Gasteiger partial charge on any atom is -0.254 e. The van der Waals surface area contributed by atoms with Crippen LogP contribution >= 0.6 is 0 Å². The van der Waals surface area contributed by atoms with Gasteiger partial charge in [-0.05, 0) is 23.3 Å². The largest absolute Gasteiger partial charge is 0.254 e. The molecule has 0 aliphatic carbocycles. The van der Waals surface area contributed by atoms with Gasteiger partial charge in [-0.15, -0.1) is 0 Å². The van der Waals surface area contributed by atoms with E-state index in [1.807, 2.05) is 70.4 Å². The highest BCUT2D eigenvalue weighted by molar-refractivity contribution is 6.00. The zero-order valence-electron chi connectivity index (χ0n) is 16.0. The first-order valence-electron chi connectivity index (χ1n) is 9.28. The Kier molecular flexibility index (Phi) is 7.50. The number of nitrogens with zero attached hydrogens (tertiary/aromatic N) is 2. The fourth-order valence-corrected chi connectivity index (χ4v) is 2.75. The van der Waals surface area contributed by atoms with Crippen LogP contribution < -0.4 is 0 Å². The van der Waals surface area contributed by atoms with E-state index in [4.69, 9.17) is 0 Å². The third-order valence-corrected chi connectivity index (χ3v) is 3.79. The topological polar surface area (TPSA) is 25.8 Å². The van der Waals surface area contributed by atoms with Crippen molar-refractivity contribution < 1.29 is 0 Å². The summed E-state index contributed by atoms with van der Waals surface area (Å²) in [5.74, 6) is 0. The molecule has 4 aromatic rings. The van der Waals surface area contributed by atoms with E-state index in [1.165, 1.54) is 11.1 Å². The highest BCUT2D eigenvalue weighted by atomic mass is 14.7.